The highest BCUT2D eigenvalue weighted by Gasteiger charge is 2.58. The van der Waals surface area contributed by atoms with Gasteiger partial charge in [-0.25, -0.2) is 0 Å². The fraction of sp³-hybridized carbons (Fsp3) is 0.500. The summed E-state index contributed by atoms with van der Waals surface area (Å²) in [7, 11) is 0. The summed E-state index contributed by atoms with van der Waals surface area (Å²) in [6.45, 7) is 6.77. The van der Waals surface area contributed by atoms with E-state index in [0.717, 1.165) is 41.0 Å². The van der Waals surface area contributed by atoms with Gasteiger partial charge in [-0.2, -0.15) is 5.10 Å². The minimum Gasteiger partial charge on any atom is -0.338 e. The van der Waals surface area contributed by atoms with Crippen LogP contribution < -0.4 is 5.32 Å². The minimum absolute atomic E-state index is 0.0428. The standard InChI is InChI=1S/C22H28N4O2/c1-4-7-19-22(16-8-5-6-9-18(16)23-21(22)28)12-13-26(19)20(27)11-10-17-14(2)15(3)24-25-17/h5-6,8-9,19H,4,7,10-13H2,1-3H3,(H,23,28)(H,24,25)/t19-,22+/m0/s1. The van der Waals surface area contributed by atoms with Gasteiger partial charge in [-0.05, 0) is 43.9 Å². The molecule has 2 aromatic rings. The number of anilines is 1. The zero-order valence-electron chi connectivity index (χ0n) is 16.8. The Balaban J connectivity index is 1.58. The number of likely N-dealkylation sites (tertiary alicyclic amines) is 1. The van der Waals surface area contributed by atoms with Crippen LogP contribution in [0.15, 0.2) is 24.3 Å². The topological polar surface area (TPSA) is 78.1 Å². The Hall–Kier alpha value is -2.63. The lowest BCUT2D eigenvalue weighted by atomic mass is 9.73. The number of H-pyrrole nitrogens is 1. The highest BCUT2D eigenvalue weighted by molar-refractivity contribution is 6.07. The number of nitrogens with zero attached hydrogens (tertiary/aromatic N) is 2. The molecule has 0 radical (unpaired) electrons. The van der Waals surface area contributed by atoms with E-state index in [-0.39, 0.29) is 17.9 Å². The first-order chi connectivity index (χ1) is 13.5. The third-order valence-electron chi connectivity index (χ3n) is 6.57. The summed E-state index contributed by atoms with van der Waals surface area (Å²) in [5.41, 5.74) is 4.46. The Bertz CT molecular complexity index is 919. The summed E-state index contributed by atoms with van der Waals surface area (Å²) < 4.78 is 0. The van der Waals surface area contributed by atoms with Gasteiger partial charge in [0.1, 0.15) is 0 Å². The average molecular weight is 380 g/mol. The van der Waals surface area contributed by atoms with Gasteiger partial charge in [-0.3, -0.25) is 14.7 Å². The number of aryl methyl sites for hydroxylation is 2. The van der Waals surface area contributed by atoms with Crippen molar-refractivity contribution in [2.75, 3.05) is 11.9 Å². The largest absolute Gasteiger partial charge is 0.338 e. The van der Waals surface area contributed by atoms with Crippen LogP contribution in [-0.4, -0.2) is 39.5 Å². The molecule has 1 fully saturated rings. The monoisotopic (exact) mass is 380 g/mol. The maximum atomic E-state index is 13.1. The van der Waals surface area contributed by atoms with Gasteiger partial charge in [0.2, 0.25) is 11.8 Å². The third kappa shape index (κ3) is 2.74. The van der Waals surface area contributed by atoms with Gasteiger partial charge in [-0.15, -0.1) is 0 Å². The smallest absolute Gasteiger partial charge is 0.237 e. The van der Waals surface area contributed by atoms with Crippen molar-refractivity contribution in [3.63, 3.8) is 0 Å². The fourth-order valence-electron chi connectivity index (χ4n) is 4.92. The number of aromatic amines is 1. The van der Waals surface area contributed by atoms with E-state index < -0.39 is 5.41 Å². The summed E-state index contributed by atoms with van der Waals surface area (Å²) in [6, 6.07) is 7.84. The van der Waals surface area contributed by atoms with Crippen LogP contribution in [0.4, 0.5) is 5.69 Å². The van der Waals surface area contributed by atoms with E-state index in [0.29, 0.717) is 25.8 Å². The molecule has 1 aromatic heterocycles. The van der Waals surface area contributed by atoms with Gasteiger partial charge < -0.3 is 10.2 Å². The van der Waals surface area contributed by atoms with Crippen LogP contribution in [0.3, 0.4) is 0 Å². The Kier molecular flexibility index (Phi) is 4.73. The normalized spacial score (nSPS) is 23.3. The number of benzene rings is 1. The Morgan fingerprint density at radius 1 is 1.32 bits per heavy atom. The maximum absolute atomic E-state index is 13.1. The molecule has 3 heterocycles. The van der Waals surface area contributed by atoms with Crippen molar-refractivity contribution in [3.05, 3.63) is 46.8 Å². The van der Waals surface area contributed by atoms with E-state index >= 15 is 0 Å². The van der Waals surface area contributed by atoms with Crippen molar-refractivity contribution in [1.82, 2.24) is 15.1 Å². The van der Waals surface area contributed by atoms with E-state index in [1.807, 2.05) is 43.0 Å². The highest BCUT2D eigenvalue weighted by Crippen LogP contribution is 2.49. The molecule has 1 saturated heterocycles. The lowest BCUT2D eigenvalue weighted by Crippen LogP contribution is -2.48. The van der Waals surface area contributed by atoms with Crippen LogP contribution in [-0.2, 0) is 21.4 Å². The van der Waals surface area contributed by atoms with Crippen LogP contribution in [0.1, 0.15) is 55.1 Å². The molecular formula is C22H28N4O2. The summed E-state index contributed by atoms with van der Waals surface area (Å²) >= 11 is 0. The Labute approximate surface area is 165 Å². The molecule has 2 N–H and O–H groups in total. The van der Waals surface area contributed by atoms with Gasteiger partial charge in [0.05, 0.1) is 17.2 Å². The molecule has 2 aliphatic heterocycles. The molecule has 2 atom stereocenters. The SMILES string of the molecule is CCC[C@@H]1N(C(=O)CCc2n[nH]c(C)c2C)CC[C@]12C(=O)Nc1ccccc12. The first-order valence-electron chi connectivity index (χ1n) is 10.2. The number of para-hydroxylation sites is 1. The zero-order chi connectivity index (χ0) is 19.9. The van der Waals surface area contributed by atoms with Gasteiger partial charge in [0, 0.05) is 30.8 Å². The molecule has 2 aliphatic rings. The lowest BCUT2D eigenvalue weighted by molar-refractivity contribution is -0.133. The Morgan fingerprint density at radius 2 is 2.11 bits per heavy atom. The first-order valence-corrected chi connectivity index (χ1v) is 10.2. The molecule has 148 valence electrons. The third-order valence-corrected chi connectivity index (χ3v) is 6.57. The van der Waals surface area contributed by atoms with Gasteiger partial charge >= 0.3 is 0 Å². The molecule has 0 aliphatic carbocycles. The predicted octanol–water partition coefficient (Wildman–Crippen LogP) is 3.25. The molecule has 6 nitrogen and oxygen atoms in total. The van der Waals surface area contributed by atoms with Crippen LogP contribution in [0.2, 0.25) is 0 Å². The number of hydrogen-bond acceptors (Lipinski definition) is 3. The number of carbonyl (C=O) groups is 2. The van der Waals surface area contributed by atoms with Gasteiger partial charge in [0.15, 0.2) is 0 Å². The van der Waals surface area contributed by atoms with Crippen molar-refractivity contribution in [3.8, 4) is 0 Å². The lowest BCUT2D eigenvalue weighted by Gasteiger charge is -2.34. The molecule has 1 spiro atoms. The molecule has 2 amide bonds. The summed E-state index contributed by atoms with van der Waals surface area (Å²) in [4.78, 5) is 28.2. The Morgan fingerprint density at radius 3 is 2.82 bits per heavy atom. The van der Waals surface area contributed by atoms with E-state index in [9.17, 15) is 9.59 Å². The number of hydrogen-bond donors (Lipinski definition) is 2. The summed E-state index contributed by atoms with van der Waals surface area (Å²) in [5, 5.41) is 10.4. The highest BCUT2D eigenvalue weighted by atomic mass is 16.2. The van der Waals surface area contributed by atoms with E-state index in [4.69, 9.17) is 0 Å². The fourth-order valence-corrected chi connectivity index (χ4v) is 4.92. The van der Waals surface area contributed by atoms with Crippen molar-refractivity contribution < 1.29 is 9.59 Å². The average Bonchev–Trinajstić information content (AvgIpc) is 3.31. The second-order valence-electron chi connectivity index (χ2n) is 8.03. The second-order valence-corrected chi connectivity index (χ2v) is 8.03. The van der Waals surface area contributed by atoms with Gasteiger partial charge in [-0.1, -0.05) is 31.5 Å². The van der Waals surface area contributed by atoms with Crippen LogP contribution in [0.25, 0.3) is 0 Å². The zero-order valence-corrected chi connectivity index (χ0v) is 16.8. The van der Waals surface area contributed by atoms with Crippen LogP contribution >= 0.6 is 0 Å². The predicted molar refractivity (Wildman–Crippen MR) is 108 cm³/mol. The van der Waals surface area contributed by atoms with E-state index in [2.05, 4.69) is 22.4 Å². The van der Waals surface area contributed by atoms with Crippen molar-refractivity contribution >= 4 is 17.5 Å². The van der Waals surface area contributed by atoms with E-state index in [1.54, 1.807) is 0 Å². The molecule has 0 unspecified atom stereocenters. The number of carbonyl (C=O) groups excluding carboxylic acids is 2. The molecule has 1 aromatic carbocycles. The number of aromatic nitrogens is 2. The second kappa shape index (κ2) is 7.08. The van der Waals surface area contributed by atoms with Crippen LogP contribution in [0.5, 0.6) is 0 Å². The number of nitrogens with one attached hydrogen (secondary N) is 2. The molecule has 0 saturated carbocycles. The summed E-state index contributed by atoms with van der Waals surface area (Å²) in [5.74, 6) is 0.161. The number of rotatable bonds is 5. The number of fused-ring (bicyclic) bond motifs is 2. The molecule has 4 rings (SSSR count). The quantitative estimate of drug-likeness (QED) is 0.836. The van der Waals surface area contributed by atoms with Crippen molar-refractivity contribution in [2.45, 2.75) is 64.3 Å². The van der Waals surface area contributed by atoms with E-state index in [1.165, 1.54) is 0 Å². The first kappa shape index (κ1) is 18.7. The van der Waals surface area contributed by atoms with Gasteiger partial charge in [0.25, 0.3) is 0 Å². The minimum atomic E-state index is -0.610. The van der Waals surface area contributed by atoms with Crippen molar-refractivity contribution in [2.24, 2.45) is 0 Å². The molecule has 6 heteroatoms. The van der Waals surface area contributed by atoms with Crippen LogP contribution in [0, 0.1) is 13.8 Å². The maximum Gasteiger partial charge on any atom is 0.237 e. The van der Waals surface area contributed by atoms with Crippen molar-refractivity contribution in [1.29, 1.82) is 0 Å². The summed E-state index contributed by atoms with van der Waals surface area (Å²) in [6.07, 6.45) is 3.50. The number of amides is 2. The molecule has 0 bridgehead atoms. The molecule has 28 heavy (non-hydrogen) atoms. The molecular weight excluding hydrogens is 352 g/mol.